The van der Waals surface area contributed by atoms with Crippen LogP contribution in [0.15, 0.2) is 46.4 Å². The number of aromatic nitrogens is 3. The van der Waals surface area contributed by atoms with Crippen molar-refractivity contribution in [2.24, 2.45) is 0 Å². The number of anilines is 1. The van der Waals surface area contributed by atoms with Crippen molar-refractivity contribution in [1.82, 2.24) is 15.1 Å². The zero-order valence-corrected chi connectivity index (χ0v) is 15.1. The lowest BCUT2D eigenvalue weighted by Crippen LogP contribution is -2.12. The molecular formula is C19H16N4O2S. The summed E-state index contributed by atoms with van der Waals surface area (Å²) in [6.07, 6.45) is 2.48. The predicted octanol–water partition coefficient (Wildman–Crippen LogP) is 4.47. The summed E-state index contributed by atoms with van der Waals surface area (Å²) in [6.45, 7) is 3.94. The summed E-state index contributed by atoms with van der Waals surface area (Å²) in [5, 5.41) is 9.89. The molecule has 0 saturated carbocycles. The van der Waals surface area contributed by atoms with Crippen molar-refractivity contribution in [3.8, 4) is 11.3 Å². The Labute approximate surface area is 153 Å². The van der Waals surface area contributed by atoms with E-state index in [1.807, 2.05) is 24.4 Å². The monoisotopic (exact) mass is 364 g/mol. The van der Waals surface area contributed by atoms with Crippen molar-refractivity contribution in [2.75, 3.05) is 5.32 Å². The summed E-state index contributed by atoms with van der Waals surface area (Å²) < 4.78 is 5.07. The normalized spacial score (nSPS) is 11.0. The number of thiazole rings is 1. The van der Waals surface area contributed by atoms with Crippen LogP contribution < -0.4 is 5.32 Å². The van der Waals surface area contributed by atoms with Gasteiger partial charge < -0.3 is 4.52 Å². The standard InChI is InChI=1S/C19H16N4O2S/c1-3-12-4-6-13(7-5-12)16-10-26-19(21-16)22-17(24)14-8-15-11(2)23-25-18(15)20-9-14/h4-10H,3H2,1-2H3,(H,21,22,24). The highest BCUT2D eigenvalue weighted by Crippen LogP contribution is 2.26. The highest BCUT2D eigenvalue weighted by atomic mass is 32.1. The van der Waals surface area contributed by atoms with E-state index in [-0.39, 0.29) is 5.91 Å². The van der Waals surface area contributed by atoms with Crippen LogP contribution in [0, 0.1) is 6.92 Å². The van der Waals surface area contributed by atoms with E-state index in [0.717, 1.165) is 23.1 Å². The minimum absolute atomic E-state index is 0.262. The second-order valence-corrected chi connectivity index (χ2v) is 6.75. The molecule has 0 aliphatic carbocycles. The average Bonchev–Trinajstić information content (AvgIpc) is 3.28. The SMILES string of the molecule is CCc1ccc(-c2csc(NC(=O)c3cnc4onc(C)c4c3)n2)cc1. The molecule has 4 rings (SSSR count). The number of nitrogens with zero attached hydrogens (tertiary/aromatic N) is 3. The van der Waals surface area contributed by atoms with Gasteiger partial charge in [0.1, 0.15) is 0 Å². The molecule has 7 heteroatoms. The maximum absolute atomic E-state index is 12.5. The van der Waals surface area contributed by atoms with Crippen molar-refractivity contribution in [2.45, 2.75) is 20.3 Å². The molecule has 1 aromatic carbocycles. The summed E-state index contributed by atoms with van der Waals surface area (Å²) in [6, 6.07) is 10.0. The number of pyridine rings is 1. The minimum atomic E-state index is -0.262. The van der Waals surface area contributed by atoms with Gasteiger partial charge in [-0.1, -0.05) is 36.3 Å². The van der Waals surface area contributed by atoms with Gasteiger partial charge in [-0.2, -0.15) is 0 Å². The lowest BCUT2D eigenvalue weighted by Gasteiger charge is -2.02. The Hall–Kier alpha value is -3.06. The van der Waals surface area contributed by atoms with E-state index in [0.29, 0.717) is 22.1 Å². The first kappa shape index (κ1) is 16.4. The zero-order valence-electron chi connectivity index (χ0n) is 14.3. The first-order valence-corrected chi connectivity index (χ1v) is 9.10. The Bertz CT molecular complexity index is 1080. The molecule has 0 atom stereocenters. The number of hydrogen-bond donors (Lipinski definition) is 1. The fourth-order valence-corrected chi connectivity index (χ4v) is 3.33. The third-order valence-electron chi connectivity index (χ3n) is 4.15. The maximum Gasteiger partial charge on any atom is 0.259 e. The van der Waals surface area contributed by atoms with Gasteiger partial charge in [-0.3, -0.25) is 10.1 Å². The molecule has 1 N–H and O–H groups in total. The zero-order chi connectivity index (χ0) is 18.1. The van der Waals surface area contributed by atoms with E-state index in [1.165, 1.54) is 23.1 Å². The van der Waals surface area contributed by atoms with E-state index in [9.17, 15) is 4.79 Å². The summed E-state index contributed by atoms with van der Waals surface area (Å²) in [5.74, 6) is -0.262. The summed E-state index contributed by atoms with van der Waals surface area (Å²) in [7, 11) is 0. The molecule has 0 unspecified atom stereocenters. The molecule has 0 aliphatic heterocycles. The molecule has 3 aromatic heterocycles. The highest BCUT2D eigenvalue weighted by Gasteiger charge is 2.13. The summed E-state index contributed by atoms with van der Waals surface area (Å²) in [5.41, 5.74) is 4.72. The number of hydrogen-bond acceptors (Lipinski definition) is 6. The first-order valence-electron chi connectivity index (χ1n) is 8.22. The summed E-state index contributed by atoms with van der Waals surface area (Å²) in [4.78, 5) is 21.1. The molecule has 4 aromatic rings. The van der Waals surface area contributed by atoms with Gasteiger partial charge in [-0.25, -0.2) is 9.97 Å². The minimum Gasteiger partial charge on any atom is -0.336 e. The van der Waals surface area contributed by atoms with Gasteiger partial charge >= 0.3 is 0 Å². The molecule has 6 nitrogen and oxygen atoms in total. The molecule has 0 spiro atoms. The van der Waals surface area contributed by atoms with Crippen LogP contribution in [0.4, 0.5) is 5.13 Å². The van der Waals surface area contributed by atoms with Crippen molar-refractivity contribution in [1.29, 1.82) is 0 Å². The number of aryl methyl sites for hydroxylation is 2. The van der Waals surface area contributed by atoms with E-state index < -0.39 is 0 Å². The number of carbonyl (C=O) groups excluding carboxylic acids is 1. The smallest absolute Gasteiger partial charge is 0.259 e. The van der Waals surface area contributed by atoms with Gasteiger partial charge in [0, 0.05) is 17.1 Å². The Balaban J connectivity index is 1.53. The van der Waals surface area contributed by atoms with Crippen LogP contribution in [0.3, 0.4) is 0 Å². The number of nitrogens with one attached hydrogen (secondary N) is 1. The van der Waals surface area contributed by atoms with Gasteiger partial charge in [0.05, 0.1) is 22.3 Å². The average molecular weight is 364 g/mol. The Morgan fingerprint density at radius 2 is 2.08 bits per heavy atom. The van der Waals surface area contributed by atoms with Crippen molar-refractivity contribution < 1.29 is 9.32 Å². The van der Waals surface area contributed by atoms with E-state index in [4.69, 9.17) is 4.52 Å². The molecule has 1 amide bonds. The van der Waals surface area contributed by atoms with Crippen LogP contribution in [-0.4, -0.2) is 21.0 Å². The summed E-state index contributed by atoms with van der Waals surface area (Å²) >= 11 is 1.39. The number of amides is 1. The van der Waals surface area contributed by atoms with E-state index in [1.54, 1.807) is 6.07 Å². The number of carbonyl (C=O) groups is 1. The lowest BCUT2D eigenvalue weighted by molar-refractivity contribution is 0.102. The predicted molar refractivity (Wildman–Crippen MR) is 101 cm³/mol. The van der Waals surface area contributed by atoms with Crippen LogP contribution >= 0.6 is 11.3 Å². The van der Waals surface area contributed by atoms with Gasteiger partial charge in [-0.15, -0.1) is 11.3 Å². The molecular weight excluding hydrogens is 348 g/mol. The van der Waals surface area contributed by atoms with Crippen LogP contribution in [0.2, 0.25) is 0 Å². The molecule has 0 aliphatic rings. The lowest BCUT2D eigenvalue weighted by atomic mass is 10.1. The molecule has 130 valence electrons. The molecule has 0 fully saturated rings. The molecule has 26 heavy (non-hydrogen) atoms. The van der Waals surface area contributed by atoms with Crippen LogP contribution in [-0.2, 0) is 6.42 Å². The number of benzene rings is 1. The molecule has 0 saturated heterocycles. The van der Waals surface area contributed by atoms with Crippen molar-refractivity contribution >= 4 is 33.5 Å². The van der Waals surface area contributed by atoms with E-state index >= 15 is 0 Å². The van der Waals surface area contributed by atoms with Crippen LogP contribution in [0.25, 0.3) is 22.4 Å². The van der Waals surface area contributed by atoms with Gasteiger partial charge in [-0.05, 0) is 25.0 Å². The van der Waals surface area contributed by atoms with Crippen LogP contribution in [0.1, 0.15) is 28.5 Å². The Morgan fingerprint density at radius 3 is 2.85 bits per heavy atom. The largest absolute Gasteiger partial charge is 0.336 e. The molecule has 0 radical (unpaired) electrons. The van der Waals surface area contributed by atoms with Crippen LogP contribution in [0.5, 0.6) is 0 Å². The maximum atomic E-state index is 12.5. The Kier molecular flexibility index (Phi) is 4.22. The van der Waals surface area contributed by atoms with E-state index in [2.05, 4.69) is 39.5 Å². The van der Waals surface area contributed by atoms with Gasteiger partial charge in [0.15, 0.2) is 5.13 Å². The topological polar surface area (TPSA) is 80.9 Å². The molecule has 3 heterocycles. The number of fused-ring (bicyclic) bond motifs is 1. The van der Waals surface area contributed by atoms with Gasteiger partial charge in [0.25, 0.3) is 11.6 Å². The van der Waals surface area contributed by atoms with Gasteiger partial charge in [0.2, 0.25) is 0 Å². The van der Waals surface area contributed by atoms with Crippen molar-refractivity contribution in [3.63, 3.8) is 0 Å². The fourth-order valence-electron chi connectivity index (χ4n) is 2.61. The first-order chi connectivity index (χ1) is 12.6. The van der Waals surface area contributed by atoms with Crippen molar-refractivity contribution in [3.05, 3.63) is 58.7 Å². The third-order valence-corrected chi connectivity index (χ3v) is 4.91. The quantitative estimate of drug-likeness (QED) is 0.578. The molecule has 0 bridgehead atoms. The fraction of sp³-hybridized carbons (Fsp3) is 0.158. The third kappa shape index (κ3) is 3.09. The Morgan fingerprint density at radius 1 is 1.27 bits per heavy atom. The second kappa shape index (κ2) is 6.68. The highest BCUT2D eigenvalue weighted by molar-refractivity contribution is 7.14. The second-order valence-electron chi connectivity index (χ2n) is 5.89. The number of rotatable bonds is 4.